The molecule has 6 heterocycles. The number of hydrogen-bond donors (Lipinski definition) is 0. The number of alkyl halides is 2. The number of carbonyl (C=O) groups excluding carboxylic acids is 1. The number of likely N-dealkylation sites (tertiary alicyclic amines) is 1. The topological polar surface area (TPSA) is 100 Å². The predicted molar refractivity (Wildman–Crippen MR) is 191 cm³/mol. The molecule has 3 fully saturated rings. The number of hydrogen-bond acceptors (Lipinski definition) is 9. The van der Waals surface area contributed by atoms with Crippen LogP contribution in [0.15, 0.2) is 67.0 Å². The first-order chi connectivity index (χ1) is 25.7. The summed E-state index contributed by atoms with van der Waals surface area (Å²) in [6, 6.07) is 9.66. The van der Waals surface area contributed by atoms with Crippen LogP contribution < -0.4 is 9.64 Å². The summed E-state index contributed by atoms with van der Waals surface area (Å²) in [6.07, 6.45) is 11.6. The van der Waals surface area contributed by atoms with E-state index in [1.165, 1.54) is 29.7 Å². The first-order valence-corrected chi connectivity index (χ1v) is 17.3. The summed E-state index contributed by atoms with van der Waals surface area (Å²) in [4.78, 5) is 39.2. The first-order valence-electron chi connectivity index (χ1n) is 17.3. The van der Waals surface area contributed by atoms with Crippen LogP contribution in [-0.2, 0) is 4.79 Å². The van der Waals surface area contributed by atoms with Crippen molar-refractivity contribution in [1.82, 2.24) is 34.7 Å². The predicted octanol–water partition coefficient (Wildman–Crippen LogP) is 5.71. The van der Waals surface area contributed by atoms with Gasteiger partial charge < -0.3 is 14.5 Å². The Morgan fingerprint density at radius 1 is 1.11 bits per heavy atom. The van der Waals surface area contributed by atoms with Crippen LogP contribution in [0.4, 0.5) is 23.4 Å². The van der Waals surface area contributed by atoms with Gasteiger partial charge in [0.2, 0.25) is 0 Å². The number of amides is 1. The van der Waals surface area contributed by atoms with Crippen LogP contribution in [0.2, 0.25) is 0 Å². The Labute approximate surface area is 302 Å². The minimum absolute atomic E-state index is 0.00736. The maximum atomic E-state index is 16.9. The quantitative estimate of drug-likeness (QED) is 0.113. The third kappa shape index (κ3) is 6.18. The summed E-state index contributed by atoms with van der Waals surface area (Å²) >= 11 is 0. The summed E-state index contributed by atoms with van der Waals surface area (Å²) in [7, 11) is 1.56. The summed E-state index contributed by atoms with van der Waals surface area (Å²) in [5, 5.41) is 1.60. The summed E-state index contributed by atoms with van der Waals surface area (Å²) in [5.74, 6) is -0.132. The number of likely N-dealkylation sites (N-methyl/N-ethyl adjacent to an activating group) is 1. The molecule has 0 saturated carbocycles. The highest BCUT2D eigenvalue weighted by Gasteiger charge is 2.49. The van der Waals surface area contributed by atoms with Gasteiger partial charge in [0, 0.05) is 67.7 Å². The summed E-state index contributed by atoms with van der Waals surface area (Å²) < 4.78 is 68.5. The highest BCUT2D eigenvalue weighted by Crippen LogP contribution is 2.41. The molecule has 1 amide bonds. The van der Waals surface area contributed by atoms with Crippen molar-refractivity contribution in [3.8, 4) is 29.6 Å². The molecule has 0 aliphatic carbocycles. The van der Waals surface area contributed by atoms with Gasteiger partial charge in [-0.25, -0.2) is 17.6 Å². The Morgan fingerprint density at radius 2 is 1.94 bits per heavy atom. The monoisotopic (exact) mass is 722 g/mol. The van der Waals surface area contributed by atoms with E-state index in [9.17, 15) is 9.18 Å². The van der Waals surface area contributed by atoms with Crippen molar-refractivity contribution >= 4 is 39.5 Å². The number of aromatic nitrogens is 5. The number of fused-ring (bicyclic) bond motifs is 3. The molecule has 270 valence electrons. The van der Waals surface area contributed by atoms with Crippen molar-refractivity contribution in [2.75, 3.05) is 44.7 Å². The molecule has 4 atom stereocenters. The van der Waals surface area contributed by atoms with E-state index in [4.69, 9.17) is 11.2 Å². The van der Waals surface area contributed by atoms with Gasteiger partial charge in [-0.3, -0.25) is 24.6 Å². The highest BCUT2D eigenvalue weighted by atomic mass is 19.1. The molecule has 2 aromatic carbocycles. The molecule has 3 aliphatic heterocycles. The lowest BCUT2D eigenvalue weighted by molar-refractivity contribution is -0.127. The fourth-order valence-corrected chi connectivity index (χ4v) is 8.01. The molecule has 10 nitrogen and oxygen atoms in total. The summed E-state index contributed by atoms with van der Waals surface area (Å²) in [5.41, 5.74) is 0.471. The van der Waals surface area contributed by atoms with Gasteiger partial charge in [-0.05, 0) is 30.8 Å². The van der Waals surface area contributed by atoms with Crippen LogP contribution in [-0.4, -0.2) is 104 Å². The molecule has 0 bridgehead atoms. The molecule has 3 aromatic heterocycles. The molecular weight excluding hydrogens is 688 g/mol. The van der Waals surface area contributed by atoms with E-state index >= 15 is 13.2 Å². The highest BCUT2D eigenvalue weighted by molar-refractivity contribution is 6.02. The number of anilines is 1. The SMILES string of the molecule is C#Cc1cccc2cccc(-c3ncc4c(N(C)C5CN(C(=O)/C(F)=C/c6cnccn6)CC5F)nc(OC[C@@]56CCCN5CC(F)C6)nc4c3F)c12. The molecule has 0 radical (unpaired) electrons. The van der Waals surface area contributed by atoms with Crippen LogP contribution in [0, 0.1) is 18.2 Å². The standard InChI is InChI=1S/C39H34F4N8O2/c1-3-23-7-4-8-24-9-5-10-27(32(23)24)34-33(43)35-28(18-46-34)36(48-38(47-35)53-22-39-11-6-14-51(39)19-25(40)16-39)49(2)31-21-50(20-30(31)42)37(52)29(41)15-26-17-44-12-13-45-26/h1,4-5,7-10,12-13,15,17-18,25,30-31H,6,11,14,16,19-22H2,2H3/b29-15-/t25?,30?,31?,39-/m0/s1. The van der Waals surface area contributed by atoms with Crippen molar-refractivity contribution in [2.45, 2.75) is 43.2 Å². The fourth-order valence-electron chi connectivity index (χ4n) is 8.01. The molecule has 14 heteroatoms. The van der Waals surface area contributed by atoms with Crippen molar-refractivity contribution in [1.29, 1.82) is 0 Å². The van der Waals surface area contributed by atoms with Gasteiger partial charge in [0.1, 0.15) is 36.0 Å². The normalized spacial score (nSPS) is 23.1. The van der Waals surface area contributed by atoms with E-state index in [-0.39, 0.29) is 53.8 Å². The van der Waals surface area contributed by atoms with Crippen molar-refractivity contribution < 1.29 is 27.1 Å². The van der Waals surface area contributed by atoms with E-state index in [2.05, 4.69) is 35.7 Å². The minimum Gasteiger partial charge on any atom is -0.461 e. The van der Waals surface area contributed by atoms with Crippen molar-refractivity contribution in [2.24, 2.45) is 0 Å². The molecular formula is C39H34F4N8O2. The smallest absolute Gasteiger partial charge is 0.319 e. The molecule has 3 unspecified atom stereocenters. The number of ether oxygens (including phenoxy) is 1. The number of terminal acetylenes is 1. The van der Waals surface area contributed by atoms with Crippen molar-refractivity contribution in [3.63, 3.8) is 0 Å². The molecule has 3 saturated heterocycles. The van der Waals surface area contributed by atoms with Gasteiger partial charge in [-0.15, -0.1) is 6.42 Å². The van der Waals surface area contributed by atoms with Gasteiger partial charge in [-0.1, -0.05) is 36.3 Å². The van der Waals surface area contributed by atoms with Gasteiger partial charge in [0.25, 0.3) is 5.91 Å². The van der Waals surface area contributed by atoms with Crippen molar-refractivity contribution in [3.05, 3.63) is 84.1 Å². The van der Waals surface area contributed by atoms with Crippen LogP contribution in [0.25, 0.3) is 39.0 Å². The zero-order valence-corrected chi connectivity index (χ0v) is 28.7. The van der Waals surface area contributed by atoms with Crippen LogP contribution >= 0.6 is 0 Å². The van der Waals surface area contributed by atoms with E-state index in [0.29, 0.717) is 29.5 Å². The molecule has 0 spiro atoms. The van der Waals surface area contributed by atoms with Crippen LogP contribution in [0.3, 0.4) is 0 Å². The zero-order valence-electron chi connectivity index (χ0n) is 28.7. The number of benzene rings is 2. The first kappa shape index (κ1) is 34.4. The largest absolute Gasteiger partial charge is 0.461 e. The average Bonchev–Trinajstić information content (AvgIpc) is 3.84. The number of pyridine rings is 1. The van der Waals surface area contributed by atoms with Gasteiger partial charge in [0.05, 0.1) is 35.4 Å². The van der Waals surface area contributed by atoms with Gasteiger partial charge in [-0.2, -0.15) is 9.97 Å². The molecule has 0 N–H and O–H groups in total. The average molecular weight is 723 g/mol. The second-order valence-corrected chi connectivity index (χ2v) is 13.8. The maximum absolute atomic E-state index is 16.9. The fraction of sp³-hybridized carbons (Fsp3) is 0.333. The molecule has 5 aromatic rings. The van der Waals surface area contributed by atoms with Crippen LogP contribution in [0.5, 0.6) is 6.01 Å². The number of rotatable bonds is 8. The Balaban J connectivity index is 1.18. The molecule has 3 aliphatic rings. The Kier molecular flexibility index (Phi) is 8.90. The lowest BCUT2D eigenvalue weighted by atomic mass is 9.95. The van der Waals surface area contributed by atoms with E-state index in [0.717, 1.165) is 35.7 Å². The second kappa shape index (κ2) is 13.7. The van der Waals surface area contributed by atoms with Gasteiger partial charge in [0.15, 0.2) is 11.6 Å². The Hall–Kier alpha value is -5.68. The number of halogens is 4. The number of carbonyl (C=O) groups is 1. The van der Waals surface area contributed by atoms with E-state index in [1.807, 2.05) is 18.2 Å². The summed E-state index contributed by atoms with van der Waals surface area (Å²) in [6.45, 7) is 0.543. The lowest BCUT2D eigenvalue weighted by Gasteiger charge is -2.31. The third-order valence-corrected chi connectivity index (χ3v) is 10.6. The van der Waals surface area contributed by atoms with Gasteiger partial charge >= 0.3 is 6.01 Å². The second-order valence-electron chi connectivity index (χ2n) is 13.8. The Morgan fingerprint density at radius 3 is 2.74 bits per heavy atom. The molecule has 8 rings (SSSR count). The maximum Gasteiger partial charge on any atom is 0.319 e. The Bertz CT molecular complexity index is 2300. The minimum atomic E-state index is -1.62. The zero-order chi connectivity index (χ0) is 36.9. The van der Waals surface area contributed by atoms with E-state index < -0.39 is 41.5 Å². The lowest BCUT2D eigenvalue weighted by Crippen LogP contribution is -2.43. The molecule has 53 heavy (non-hydrogen) atoms. The third-order valence-electron chi connectivity index (χ3n) is 10.6. The van der Waals surface area contributed by atoms with Crippen LogP contribution in [0.1, 0.15) is 30.5 Å². The number of nitrogens with zero attached hydrogens (tertiary/aromatic N) is 8. The van der Waals surface area contributed by atoms with E-state index in [1.54, 1.807) is 25.2 Å².